The fraction of sp³-hybridized carbons (Fsp3) is 0.391. The maximum absolute atomic E-state index is 18.3. The monoisotopic (exact) mass is 818 g/mol. The van der Waals surface area contributed by atoms with Crippen molar-refractivity contribution in [2.24, 2.45) is 0 Å². The molecular formula is C46H58F4N6Ti. The molecule has 57 heavy (non-hydrogen) atoms. The predicted octanol–water partition coefficient (Wildman–Crippen LogP) is 8.10. The van der Waals surface area contributed by atoms with Gasteiger partial charge in [0.15, 0.2) is 0 Å². The van der Waals surface area contributed by atoms with Gasteiger partial charge in [-0.1, -0.05) is 0 Å². The number of halogens is 4. The minimum atomic E-state index is -5.17. The van der Waals surface area contributed by atoms with Crippen LogP contribution in [0.2, 0.25) is 0 Å². The van der Waals surface area contributed by atoms with Gasteiger partial charge in [-0.25, -0.2) is 0 Å². The topological polar surface area (TPSA) is 22.8 Å². The zero-order valence-corrected chi connectivity index (χ0v) is 37.3. The van der Waals surface area contributed by atoms with E-state index in [-0.39, 0.29) is 19.1 Å². The molecule has 6 nitrogen and oxygen atoms in total. The van der Waals surface area contributed by atoms with Crippen LogP contribution in [0.25, 0.3) is 11.4 Å². The van der Waals surface area contributed by atoms with Gasteiger partial charge in [0, 0.05) is 0 Å². The van der Waals surface area contributed by atoms with Crippen molar-refractivity contribution in [3.63, 3.8) is 0 Å². The van der Waals surface area contributed by atoms with E-state index in [2.05, 4.69) is 19.6 Å². The first-order valence-electron chi connectivity index (χ1n) is 19.6. The fourth-order valence-corrected chi connectivity index (χ4v) is 17.5. The Kier molecular flexibility index (Phi) is 12.7. The summed E-state index contributed by atoms with van der Waals surface area (Å²) in [5.41, 5.74) is 8.00. The van der Waals surface area contributed by atoms with E-state index < -0.39 is 39.9 Å². The van der Waals surface area contributed by atoms with E-state index in [1.807, 2.05) is 130 Å². The summed E-state index contributed by atoms with van der Waals surface area (Å²) in [6.07, 6.45) is 11.9. The summed E-state index contributed by atoms with van der Waals surface area (Å²) in [5.74, 6) is -3.13. The number of rotatable bonds is 14. The molecule has 0 aliphatic heterocycles. The van der Waals surface area contributed by atoms with Gasteiger partial charge >= 0.3 is 342 Å². The molecular weight excluding hydrogens is 760 g/mol. The third-order valence-corrected chi connectivity index (χ3v) is 19.5. The van der Waals surface area contributed by atoms with Crippen molar-refractivity contribution in [1.29, 1.82) is 0 Å². The molecule has 0 fully saturated rings. The summed E-state index contributed by atoms with van der Waals surface area (Å²) < 4.78 is 75.6. The Bertz CT molecular complexity index is 2090. The molecule has 0 unspecified atom stereocenters. The normalized spacial score (nSPS) is 14.5. The number of allylic oxidation sites excluding steroid dienone is 8. The molecule has 2 aromatic carbocycles. The fourth-order valence-electron chi connectivity index (χ4n) is 9.28. The summed E-state index contributed by atoms with van der Waals surface area (Å²) in [4.78, 5) is 8.32. The van der Waals surface area contributed by atoms with E-state index in [9.17, 15) is 0 Å². The van der Waals surface area contributed by atoms with Gasteiger partial charge < -0.3 is 0 Å². The molecule has 4 aromatic rings. The van der Waals surface area contributed by atoms with E-state index in [1.54, 1.807) is 0 Å². The van der Waals surface area contributed by atoms with E-state index in [0.29, 0.717) is 46.8 Å². The molecule has 0 spiro atoms. The van der Waals surface area contributed by atoms with Gasteiger partial charge in [-0.05, 0) is 0 Å². The molecule has 0 bridgehead atoms. The van der Waals surface area contributed by atoms with Crippen molar-refractivity contribution in [2.75, 3.05) is 56.4 Å². The Balaban J connectivity index is 1.72. The third kappa shape index (κ3) is 7.54. The van der Waals surface area contributed by atoms with Crippen LogP contribution in [0.5, 0.6) is 0 Å². The summed E-state index contributed by atoms with van der Waals surface area (Å²) in [6, 6.07) is 5.57. The van der Waals surface area contributed by atoms with E-state index in [0.717, 1.165) is 45.0 Å². The Hall–Kier alpha value is -3.77. The second kappa shape index (κ2) is 16.8. The SMILES string of the molecule is Cc1c(CN(C)C)c(CN(C)C)c(C)n1-c1ccc(F)[c]([Ti]([C]2=CC=CC2)([C]2=CC=CC2)[c]2c(F)ccc(-n3c(C)c(CN(C)C)c(CN(C)C)c3C)c2F)c1F. The summed E-state index contributed by atoms with van der Waals surface area (Å²) in [7, 11) is 16.0. The zero-order valence-electron chi connectivity index (χ0n) is 35.7. The molecule has 2 heterocycles. The molecule has 2 aromatic heterocycles. The van der Waals surface area contributed by atoms with E-state index in [4.69, 9.17) is 0 Å². The maximum atomic E-state index is 18.3. The summed E-state index contributed by atoms with van der Waals surface area (Å²) in [5, 5.41) is 0. The van der Waals surface area contributed by atoms with Crippen molar-refractivity contribution >= 4 is 7.74 Å². The number of nitrogens with zero attached hydrogens (tertiary/aromatic N) is 6. The predicted molar refractivity (Wildman–Crippen MR) is 223 cm³/mol. The number of benzene rings is 2. The average molecular weight is 819 g/mol. The molecule has 0 radical (unpaired) electrons. The van der Waals surface area contributed by atoms with Crippen molar-refractivity contribution < 1.29 is 34.2 Å². The van der Waals surface area contributed by atoms with Crippen LogP contribution in [0.4, 0.5) is 17.6 Å². The Morgan fingerprint density at radius 3 is 1.04 bits per heavy atom. The molecule has 0 N–H and O–H groups in total. The van der Waals surface area contributed by atoms with Crippen molar-refractivity contribution in [3.05, 3.63) is 137 Å². The van der Waals surface area contributed by atoms with Crippen molar-refractivity contribution in [1.82, 2.24) is 28.7 Å². The van der Waals surface area contributed by atoms with Crippen molar-refractivity contribution in [2.45, 2.75) is 66.7 Å². The number of hydrogen-bond donors (Lipinski definition) is 0. The number of aromatic nitrogens is 2. The van der Waals surface area contributed by atoms with E-state index in [1.165, 1.54) is 24.3 Å². The molecule has 0 atom stereocenters. The van der Waals surface area contributed by atoms with Gasteiger partial charge in [-0.15, -0.1) is 0 Å². The van der Waals surface area contributed by atoms with Gasteiger partial charge in [0.25, 0.3) is 0 Å². The average Bonchev–Trinajstić information content (AvgIpc) is 3.94. The van der Waals surface area contributed by atoms with Gasteiger partial charge in [0.1, 0.15) is 0 Å². The van der Waals surface area contributed by atoms with Crippen LogP contribution in [0.15, 0.2) is 68.5 Å². The molecule has 6 rings (SSSR count). The van der Waals surface area contributed by atoms with Gasteiger partial charge in [-0.2, -0.15) is 0 Å². The van der Waals surface area contributed by atoms with Gasteiger partial charge in [0.05, 0.1) is 0 Å². The molecule has 2 aliphatic carbocycles. The molecule has 304 valence electrons. The Morgan fingerprint density at radius 1 is 0.491 bits per heavy atom. The van der Waals surface area contributed by atoms with Gasteiger partial charge in [0.2, 0.25) is 0 Å². The first-order valence-corrected chi connectivity index (χ1v) is 22.7. The van der Waals surface area contributed by atoms with Crippen LogP contribution in [-0.2, 0) is 42.8 Å². The van der Waals surface area contributed by atoms with Crippen LogP contribution in [0, 0.1) is 51.0 Å². The first kappa shape index (κ1) is 42.8. The quantitative estimate of drug-likeness (QED) is 0.0949. The molecule has 0 saturated carbocycles. The van der Waals surface area contributed by atoms with Crippen LogP contribution in [0.3, 0.4) is 0 Å². The molecule has 11 heteroatoms. The summed E-state index contributed by atoms with van der Waals surface area (Å²) in [6.45, 7) is 10.4. The van der Waals surface area contributed by atoms with Crippen molar-refractivity contribution in [3.8, 4) is 11.4 Å². The minimum absolute atomic E-state index is 0.176. The Labute approximate surface area is 340 Å². The molecule has 2 aliphatic rings. The van der Waals surface area contributed by atoms with Crippen LogP contribution < -0.4 is 7.74 Å². The van der Waals surface area contributed by atoms with E-state index >= 15 is 17.6 Å². The second-order valence-electron chi connectivity index (χ2n) is 16.8. The Morgan fingerprint density at radius 2 is 0.789 bits per heavy atom. The van der Waals surface area contributed by atoms with Crippen LogP contribution in [0.1, 0.15) is 57.9 Å². The molecule has 0 amide bonds. The van der Waals surface area contributed by atoms with Gasteiger partial charge in [-0.3, -0.25) is 0 Å². The standard InChI is InChI=1S/2C18H24F2N3.2C5H5.Ti/c2*1-12-15(10-21(3)4)16(11-22(5)6)13(2)23(12)18-8-7-14(19)9-17(18)20;2*1-2-4-5-3-1;/h2*7-8H,10-11H2,1-6H3;2*1-3H,4H2;. The van der Waals surface area contributed by atoms with Crippen LogP contribution >= 0.6 is 0 Å². The summed E-state index contributed by atoms with van der Waals surface area (Å²) >= 11 is -5.17. The molecule has 0 saturated heterocycles. The first-order chi connectivity index (χ1) is 26.9. The zero-order chi connectivity index (χ0) is 41.7. The third-order valence-electron chi connectivity index (χ3n) is 11.6. The van der Waals surface area contributed by atoms with Crippen LogP contribution in [-0.4, -0.2) is 85.1 Å². The second-order valence-corrected chi connectivity index (χ2v) is 22.7. The number of hydrogen-bond acceptors (Lipinski definition) is 4.